The number of methoxy groups -OCH3 is 1. The number of para-hydroxylation sites is 1. The molecule has 2 heterocycles. The zero-order valence-electron chi connectivity index (χ0n) is 16.9. The van der Waals surface area contributed by atoms with E-state index in [9.17, 15) is 14.9 Å². The molecule has 0 radical (unpaired) electrons. The Morgan fingerprint density at radius 1 is 1.42 bits per heavy atom. The summed E-state index contributed by atoms with van der Waals surface area (Å²) in [6.07, 6.45) is 5.26. The summed E-state index contributed by atoms with van der Waals surface area (Å²) in [5, 5.41) is 15.4. The maximum Gasteiger partial charge on any atom is 0.256 e. The summed E-state index contributed by atoms with van der Waals surface area (Å²) in [5.74, 6) is 1.92. The standard InChI is InChI=1S/C22H20ClN3O5/c1-4-9-31-19-16(23)10-13(11-18(19)30-3)14-12-25(2)22(20(14)26(28)29)15-7-5-6-8-17(15)24-21(22)27/h1,5-8,10-11,14,20H,9,12H2,2-3H3,(H,24,27)/t14-,20+,22+/m0/s1. The van der Waals surface area contributed by atoms with E-state index in [2.05, 4.69) is 11.2 Å². The van der Waals surface area contributed by atoms with Gasteiger partial charge in [-0.1, -0.05) is 35.7 Å². The maximum absolute atomic E-state index is 13.2. The predicted molar refractivity (Wildman–Crippen MR) is 115 cm³/mol. The van der Waals surface area contributed by atoms with Gasteiger partial charge >= 0.3 is 0 Å². The Labute approximate surface area is 184 Å². The summed E-state index contributed by atoms with van der Waals surface area (Å²) in [7, 11) is 3.17. The molecule has 0 unspecified atom stereocenters. The molecule has 2 aliphatic heterocycles. The summed E-state index contributed by atoms with van der Waals surface area (Å²) in [4.78, 5) is 26.9. The van der Waals surface area contributed by atoms with Crippen LogP contribution in [0.5, 0.6) is 11.5 Å². The monoisotopic (exact) mass is 441 g/mol. The number of halogens is 1. The Balaban J connectivity index is 1.85. The van der Waals surface area contributed by atoms with Gasteiger partial charge in [0.05, 0.1) is 18.1 Å². The second-order valence-corrected chi connectivity index (χ2v) is 7.92. The number of nitrogens with one attached hydrogen (secondary N) is 1. The first kappa shape index (κ1) is 21.0. The van der Waals surface area contributed by atoms with E-state index in [1.54, 1.807) is 48.3 Å². The highest BCUT2D eigenvalue weighted by Crippen LogP contribution is 2.53. The lowest BCUT2D eigenvalue weighted by atomic mass is 9.79. The van der Waals surface area contributed by atoms with Gasteiger partial charge in [-0.3, -0.25) is 19.8 Å². The highest BCUT2D eigenvalue weighted by Gasteiger charge is 2.68. The number of hydrogen-bond donors (Lipinski definition) is 1. The molecule has 4 rings (SSSR count). The number of fused-ring (bicyclic) bond motifs is 2. The van der Waals surface area contributed by atoms with Crippen molar-refractivity contribution >= 4 is 23.2 Å². The van der Waals surface area contributed by atoms with E-state index < -0.39 is 23.4 Å². The quantitative estimate of drug-likeness (QED) is 0.435. The molecule has 0 aromatic heterocycles. The van der Waals surface area contributed by atoms with Crippen LogP contribution in [0.1, 0.15) is 17.0 Å². The average molecular weight is 442 g/mol. The van der Waals surface area contributed by atoms with Crippen LogP contribution in [0.3, 0.4) is 0 Å². The normalized spacial score (nSPS) is 24.5. The van der Waals surface area contributed by atoms with Crippen molar-refractivity contribution in [2.45, 2.75) is 17.5 Å². The third kappa shape index (κ3) is 3.00. The van der Waals surface area contributed by atoms with Gasteiger partial charge in [0.25, 0.3) is 11.9 Å². The van der Waals surface area contributed by atoms with E-state index in [0.29, 0.717) is 22.6 Å². The Morgan fingerprint density at radius 2 is 2.16 bits per heavy atom. The van der Waals surface area contributed by atoms with E-state index in [4.69, 9.17) is 27.5 Å². The minimum atomic E-state index is -1.43. The number of hydrogen-bond acceptors (Lipinski definition) is 6. The smallest absolute Gasteiger partial charge is 0.256 e. The van der Waals surface area contributed by atoms with Gasteiger partial charge in [0.1, 0.15) is 6.61 Å². The molecular formula is C22H20ClN3O5. The second-order valence-electron chi connectivity index (χ2n) is 7.51. The highest BCUT2D eigenvalue weighted by atomic mass is 35.5. The molecule has 1 spiro atoms. The summed E-state index contributed by atoms with van der Waals surface area (Å²) in [5.41, 5.74) is 0.333. The van der Waals surface area contributed by atoms with Crippen molar-refractivity contribution in [3.63, 3.8) is 0 Å². The van der Waals surface area contributed by atoms with Gasteiger partial charge in [-0.15, -0.1) is 6.42 Å². The SMILES string of the molecule is C#CCOc1c(Cl)cc([C@@H]2CN(C)[C@@]3(C(=O)Nc4ccccc43)[C@@H]2[N+](=O)[O-])cc1OC. The molecule has 2 aliphatic rings. The zero-order chi connectivity index (χ0) is 22.3. The summed E-state index contributed by atoms with van der Waals surface area (Å²) < 4.78 is 10.9. The van der Waals surface area contributed by atoms with Crippen LogP contribution in [0.15, 0.2) is 36.4 Å². The van der Waals surface area contributed by atoms with Gasteiger partial charge in [0.15, 0.2) is 17.0 Å². The predicted octanol–water partition coefficient (Wildman–Crippen LogP) is 2.88. The zero-order valence-corrected chi connectivity index (χ0v) is 17.7. The fourth-order valence-corrected chi connectivity index (χ4v) is 5.06. The molecule has 1 fully saturated rings. The van der Waals surface area contributed by atoms with E-state index in [0.717, 1.165) is 0 Å². The Kier molecular flexibility index (Phi) is 5.25. The van der Waals surface area contributed by atoms with Crippen LogP contribution in [0.4, 0.5) is 5.69 Å². The van der Waals surface area contributed by atoms with Gasteiger partial charge in [-0.2, -0.15) is 0 Å². The number of nitro groups is 1. The molecule has 31 heavy (non-hydrogen) atoms. The molecule has 9 heteroatoms. The van der Waals surface area contributed by atoms with Crippen molar-refractivity contribution in [3.8, 4) is 23.8 Å². The van der Waals surface area contributed by atoms with Crippen LogP contribution in [-0.2, 0) is 10.3 Å². The van der Waals surface area contributed by atoms with Crippen LogP contribution in [-0.4, -0.2) is 49.1 Å². The molecule has 3 atom stereocenters. The fourth-order valence-electron chi connectivity index (χ4n) is 4.79. The lowest BCUT2D eigenvalue weighted by Gasteiger charge is -2.30. The van der Waals surface area contributed by atoms with E-state index in [-0.39, 0.29) is 28.8 Å². The van der Waals surface area contributed by atoms with Gasteiger partial charge < -0.3 is 14.8 Å². The Hall–Kier alpha value is -3.28. The minimum Gasteiger partial charge on any atom is -0.493 e. The van der Waals surface area contributed by atoms with Crippen LogP contribution in [0.2, 0.25) is 5.02 Å². The largest absolute Gasteiger partial charge is 0.493 e. The van der Waals surface area contributed by atoms with Crippen molar-refractivity contribution in [1.82, 2.24) is 4.90 Å². The Morgan fingerprint density at radius 3 is 2.84 bits per heavy atom. The number of carbonyl (C=O) groups excluding carboxylic acids is 1. The van der Waals surface area contributed by atoms with E-state index in [1.165, 1.54) is 7.11 Å². The molecule has 0 aliphatic carbocycles. The number of amides is 1. The Bertz CT molecular complexity index is 1110. The molecule has 8 nitrogen and oxygen atoms in total. The molecule has 0 bridgehead atoms. The number of rotatable bonds is 5. The minimum absolute atomic E-state index is 0.000811. The molecule has 2 aromatic carbocycles. The number of ether oxygens (including phenoxy) is 2. The van der Waals surface area contributed by atoms with Crippen molar-refractivity contribution in [2.24, 2.45) is 0 Å². The van der Waals surface area contributed by atoms with Crippen molar-refractivity contribution in [1.29, 1.82) is 0 Å². The summed E-state index contributed by atoms with van der Waals surface area (Å²) in [6.45, 7) is 0.274. The number of benzene rings is 2. The first-order chi connectivity index (χ1) is 14.9. The number of nitrogens with zero attached hydrogens (tertiary/aromatic N) is 2. The van der Waals surface area contributed by atoms with Gasteiger partial charge in [0.2, 0.25) is 0 Å². The first-order valence-electron chi connectivity index (χ1n) is 9.55. The van der Waals surface area contributed by atoms with Crippen LogP contribution >= 0.6 is 11.6 Å². The number of anilines is 1. The number of terminal acetylenes is 1. The summed E-state index contributed by atoms with van der Waals surface area (Å²) in [6, 6.07) is 9.10. The van der Waals surface area contributed by atoms with Crippen molar-refractivity contribution in [2.75, 3.05) is 32.6 Å². The maximum atomic E-state index is 13.2. The first-order valence-corrected chi connectivity index (χ1v) is 9.93. The fraction of sp³-hybridized carbons (Fsp3) is 0.318. The third-order valence-corrected chi connectivity index (χ3v) is 6.30. The average Bonchev–Trinajstić information content (AvgIpc) is 3.22. The molecule has 1 N–H and O–H groups in total. The lowest BCUT2D eigenvalue weighted by Crippen LogP contribution is -2.54. The van der Waals surface area contributed by atoms with Crippen LogP contribution in [0.25, 0.3) is 0 Å². The van der Waals surface area contributed by atoms with Crippen LogP contribution < -0.4 is 14.8 Å². The molecule has 0 saturated carbocycles. The molecular weight excluding hydrogens is 422 g/mol. The molecule has 1 amide bonds. The third-order valence-electron chi connectivity index (χ3n) is 6.02. The molecule has 160 valence electrons. The topological polar surface area (TPSA) is 93.9 Å². The molecule has 1 saturated heterocycles. The van der Waals surface area contributed by atoms with Crippen LogP contribution in [0, 0.1) is 22.5 Å². The second kappa shape index (κ2) is 7.76. The van der Waals surface area contributed by atoms with Gasteiger partial charge in [0, 0.05) is 22.7 Å². The van der Waals surface area contributed by atoms with Gasteiger partial charge in [-0.25, -0.2) is 0 Å². The van der Waals surface area contributed by atoms with Crippen molar-refractivity contribution < 1.29 is 19.2 Å². The lowest BCUT2D eigenvalue weighted by molar-refractivity contribution is -0.534. The highest BCUT2D eigenvalue weighted by molar-refractivity contribution is 6.32. The molecule has 2 aromatic rings. The number of carbonyl (C=O) groups is 1. The number of likely N-dealkylation sites (N-methyl/N-ethyl adjacent to an activating group) is 1. The summed E-state index contributed by atoms with van der Waals surface area (Å²) >= 11 is 6.42. The van der Waals surface area contributed by atoms with E-state index in [1.807, 2.05) is 0 Å². The number of likely N-dealkylation sites (tertiary alicyclic amines) is 1. The van der Waals surface area contributed by atoms with Gasteiger partial charge in [-0.05, 0) is 30.8 Å². The van der Waals surface area contributed by atoms with E-state index >= 15 is 0 Å². The van der Waals surface area contributed by atoms with Crippen molar-refractivity contribution in [3.05, 3.63) is 62.7 Å².